The Morgan fingerprint density at radius 2 is 1.72 bits per heavy atom. The van der Waals surface area contributed by atoms with E-state index in [0.717, 1.165) is 16.5 Å². The van der Waals surface area contributed by atoms with Gasteiger partial charge in [0, 0.05) is 18.2 Å². The Morgan fingerprint density at radius 3 is 2.50 bits per heavy atom. The molecule has 0 fully saturated rings. The van der Waals surface area contributed by atoms with E-state index in [1.165, 1.54) is 11.8 Å². The third kappa shape index (κ3) is 4.40. The molecule has 0 spiro atoms. The van der Waals surface area contributed by atoms with E-state index in [1.54, 1.807) is 17.7 Å². The van der Waals surface area contributed by atoms with Gasteiger partial charge in [-0.2, -0.15) is 0 Å². The number of aromatic nitrogens is 2. The minimum absolute atomic E-state index is 0.135. The van der Waals surface area contributed by atoms with Gasteiger partial charge in [0.1, 0.15) is 0 Å². The van der Waals surface area contributed by atoms with Crippen LogP contribution in [0.3, 0.4) is 0 Å². The molecule has 1 N–H and O–H groups in total. The lowest BCUT2D eigenvalue weighted by atomic mass is 10.1. The van der Waals surface area contributed by atoms with Crippen LogP contribution in [0.2, 0.25) is 0 Å². The summed E-state index contributed by atoms with van der Waals surface area (Å²) in [4.78, 5) is 31.0. The number of benzene rings is 3. The monoisotopic (exact) mass is 447 g/mol. The van der Waals surface area contributed by atoms with E-state index in [4.69, 9.17) is 9.72 Å². The van der Waals surface area contributed by atoms with Gasteiger partial charge in [-0.15, -0.1) is 0 Å². The Kier molecular flexibility index (Phi) is 6.58. The maximum Gasteiger partial charge on any atom is 0.262 e. The molecule has 0 aliphatic rings. The van der Waals surface area contributed by atoms with Crippen LogP contribution in [0.25, 0.3) is 21.7 Å². The van der Waals surface area contributed by atoms with Crippen molar-refractivity contribution >= 4 is 45.0 Å². The lowest BCUT2D eigenvalue weighted by molar-refractivity contribution is -0.115. The van der Waals surface area contributed by atoms with Crippen LogP contribution in [-0.4, -0.2) is 34.4 Å². The number of hydrogen-bond acceptors (Lipinski definition) is 5. The minimum atomic E-state index is -0.469. The Hall–Kier alpha value is -3.16. The highest BCUT2D eigenvalue weighted by Gasteiger charge is 2.22. The standard InChI is InChI=1S/C25H25N3O3S/c1-16(15-31-3)28-24(30)20-12-6-7-13-22(20)27-25(28)32-17(2)23(29)26-21-14-8-10-18-9-4-5-11-19(18)21/h4-14,16-17H,15H2,1-3H3,(H,26,29)/t16-,17-/m0/s1. The Morgan fingerprint density at radius 1 is 1.03 bits per heavy atom. The minimum Gasteiger partial charge on any atom is -0.383 e. The highest BCUT2D eigenvalue weighted by Crippen LogP contribution is 2.28. The average molecular weight is 448 g/mol. The summed E-state index contributed by atoms with van der Waals surface area (Å²) in [5.41, 5.74) is 1.24. The summed E-state index contributed by atoms with van der Waals surface area (Å²) in [5, 5.41) is 5.65. The fraction of sp³-hybridized carbons (Fsp3) is 0.240. The number of para-hydroxylation sites is 1. The lowest BCUT2D eigenvalue weighted by Gasteiger charge is -2.20. The van der Waals surface area contributed by atoms with E-state index in [-0.39, 0.29) is 17.5 Å². The van der Waals surface area contributed by atoms with Gasteiger partial charge in [0.05, 0.1) is 28.8 Å². The summed E-state index contributed by atoms with van der Waals surface area (Å²) >= 11 is 1.27. The number of thioether (sulfide) groups is 1. The van der Waals surface area contributed by atoms with Crippen molar-refractivity contribution in [1.82, 2.24) is 9.55 Å². The highest BCUT2D eigenvalue weighted by atomic mass is 32.2. The summed E-state index contributed by atoms with van der Waals surface area (Å²) in [6.45, 7) is 4.09. The third-order valence-corrected chi connectivity index (χ3v) is 6.39. The van der Waals surface area contributed by atoms with Crippen molar-refractivity contribution in [2.75, 3.05) is 19.0 Å². The molecule has 4 aromatic rings. The van der Waals surface area contributed by atoms with Crippen LogP contribution in [0.5, 0.6) is 0 Å². The summed E-state index contributed by atoms with van der Waals surface area (Å²) in [5.74, 6) is -0.153. The molecule has 7 heteroatoms. The van der Waals surface area contributed by atoms with E-state index < -0.39 is 5.25 Å². The molecule has 3 aromatic carbocycles. The maximum atomic E-state index is 13.2. The van der Waals surface area contributed by atoms with Gasteiger partial charge in [-0.25, -0.2) is 4.98 Å². The van der Waals surface area contributed by atoms with E-state index in [1.807, 2.05) is 74.5 Å². The molecular formula is C25H25N3O3S. The zero-order valence-corrected chi connectivity index (χ0v) is 19.1. The van der Waals surface area contributed by atoms with Gasteiger partial charge < -0.3 is 10.1 Å². The predicted molar refractivity (Wildman–Crippen MR) is 130 cm³/mol. The molecule has 0 saturated heterocycles. The van der Waals surface area contributed by atoms with Crippen molar-refractivity contribution in [3.63, 3.8) is 0 Å². The van der Waals surface area contributed by atoms with Crippen LogP contribution in [0.4, 0.5) is 5.69 Å². The first-order valence-electron chi connectivity index (χ1n) is 10.4. The maximum absolute atomic E-state index is 13.2. The van der Waals surface area contributed by atoms with Crippen molar-refractivity contribution in [3.8, 4) is 0 Å². The number of nitrogens with zero attached hydrogens (tertiary/aromatic N) is 2. The number of anilines is 1. The molecule has 0 saturated carbocycles. The number of fused-ring (bicyclic) bond motifs is 2. The van der Waals surface area contributed by atoms with Gasteiger partial charge in [0.15, 0.2) is 5.16 Å². The first-order chi connectivity index (χ1) is 15.5. The lowest BCUT2D eigenvalue weighted by Crippen LogP contribution is -2.30. The first-order valence-corrected chi connectivity index (χ1v) is 11.3. The molecule has 164 valence electrons. The van der Waals surface area contributed by atoms with E-state index in [0.29, 0.717) is 22.7 Å². The molecule has 0 aliphatic heterocycles. The van der Waals surface area contributed by atoms with Crippen LogP contribution in [0, 0.1) is 0 Å². The molecule has 0 bridgehead atoms. The Balaban J connectivity index is 1.65. The number of methoxy groups -OCH3 is 1. The van der Waals surface area contributed by atoms with Gasteiger partial charge in [0.25, 0.3) is 5.56 Å². The summed E-state index contributed by atoms with van der Waals surface area (Å²) in [6.07, 6.45) is 0. The van der Waals surface area contributed by atoms with Crippen LogP contribution in [-0.2, 0) is 9.53 Å². The summed E-state index contributed by atoms with van der Waals surface area (Å²) in [6, 6.07) is 20.8. The fourth-order valence-electron chi connectivity index (χ4n) is 3.69. The van der Waals surface area contributed by atoms with Crippen molar-refractivity contribution in [1.29, 1.82) is 0 Å². The first kappa shape index (κ1) is 22.0. The largest absolute Gasteiger partial charge is 0.383 e. The quantitative estimate of drug-likeness (QED) is 0.323. The summed E-state index contributed by atoms with van der Waals surface area (Å²) < 4.78 is 6.90. The molecule has 1 aromatic heterocycles. The number of carbonyl (C=O) groups excluding carboxylic acids is 1. The van der Waals surface area contributed by atoms with Crippen LogP contribution in [0.15, 0.2) is 76.7 Å². The zero-order chi connectivity index (χ0) is 22.7. The van der Waals surface area contributed by atoms with Gasteiger partial charge in [-0.05, 0) is 37.4 Å². The smallest absolute Gasteiger partial charge is 0.262 e. The van der Waals surface area contributed by atoms with Gasteiger partial charge in [0.2, 0.25) is 5.91 Å². The number of nitrogens with one attached hydrogen (secondary N) is 1. The number of ether oxygens (including phenoxy) is 1. The molecule has 0 aliphatic carbocycles. The van der Waals surface area contributed by atoms with Crippen molar-refractivity contribution in [2.24, 2.45) is 0 Å². The highest BCUT2D eigenvalue weighted by molar-refractivity contribution is 8.00. The van der Waals surface area contributed by atoms with Gasteiger partial charge in [-0.3, -0.25) is 14.2 Å². The molecule has 0 unspecified atom stereocenters. The Bertz CT molecular complexity index is 1330. The van der Waals surface area contributed by atoms with E-state index in [9.17, 15) is 9.59 Å². The van der Waals surface area contributed by atoms with Gasteiger partial charge in [-0.1, -0.05) is 60.3 Å². The second kappa shape index (κ2) is 9.54. The molecular weight excluding hydrogens is 422 g/mol. The SMILES string of the molecule is COC[C@H](C)n1c(S[C@@H](C)C(=O)Nc2cccc3ccccc23)nc2ccccc2c1=O. The third-order valence-electron chi connectivity index (χ3n) is 5.32. The number of rotatable bonds is 7. The molecule has 32 heavy (non-hydrogen) atoms. The predicted octanol–water partition coefficient (Wildman–Crippen LogP) is 4.88. The summed E-state index contributed by atoms with van der Waals surface area (Å²) in [7, 11) is 1.60. The van der Waals surface area contributed by atoms with Crippen molar-refractivity contribution < 1.29 is 9.53 Å². The van der Waals surface area contributed by atoms with E-state index >= 15 is 0 Å². The molecule has 6 nitrogen and oxygen atoms in total. The molecule has 4 rings (SSSR count). The van der Waals surface area contributed by atoms with Crippen molar-refractivity contribution in [3.05, 3.63) is 77.1 Å². The fourth-order valence-corrected chi connectivity index (χ4v) is 4.70. The topological polar surface area (TPSA) is 73.2 Å². The number of carbonyl (C=O) groups is 1. The normalized spacial score (nSPS) is 13.2. The van der Waals surface area contributed by atoms with Crippen LogP contribution >= 0.6 is 11.8 Å². The molecule has 2 atom stereocenters. The number of amides is 1. The average Bonchev–Trinajstić information content (AvgIpc) is 2.79. The zero-order valence-electron chi connectivity index (χ0n) is 18.2. The Labute approximate surface area is 190 Å². The van der Waals surface area contributed by atoms with Gasteiger partial charge >= 0.3 is 0 Å². The van der Waals surface area contributed by atoms with E-state index in [2.05, 4.69) is 5.32 Å². The molecule has 1 amide bonds. The second-order valence-electron chi connectivity index (χ2n) is 7.67. The van der Waals surface area contributed by atoms with Crippen molar-refractivity contribution in [2.45, 2.75) is 30.3 Å². The van der Waals surface area contributed by atoms with Crippen LogP contribution < -0.4 is 10.9 Å². The molecule has 0 radical (unpaired) electrons. The number of hydrogen-bond donors (Lipinski definition) is 1. The molecule has 1 heterocycles. The second-order valence-corrected chi connectivity index (χ2v) is 8.98. The van der Waals surface area contributed by atoms with Crippen LogP contribution in [0.1, 0.15) is 19.9 Å².